The molecule has 4 heteroatoms. The zero-order valence-electron chi connectivity index (χ0n) is 12.6. The van der Waals surface area contributed by atoms with Gasteiger partial charge in [0.2, 0.25) is 0 Å². The maximum atomic E-state index is 5.71. The topological polar surface area (TPSA) is 30.5 Å². The Balaban J connectivity index is 2.12. The van der Waals surface area contributed by atoms with Gasteiger partial charge in [0.05, 0.1) is 13.2 Å². The summed E-state index contributed by atoms with van der Waals surface area (Å²) in [5.41, 5.74) is 1.26. The predicted octanol–water partition coefficient (Wildman–Crippen LogP) is 3.64. The molecule has 3 nitrogen and oxygen atoms in total. The summed E-state index contributed by atoms with van der Waals surface area (Å²) in [6.45, 7) is 6.20. The summed E-state index contributed by atoms with van der Waals surface area (Å²) in [6.07, 6.45) is 2.80. The first-order chi connectivity index (χ1) is 9.76. The van der Waals surface area contributed by atoms with Crippen LogP contribution >= 0.6 is 11.8 Å². The number of rotatable bonds is 7. The third kappa shape index (κ3) is 3.90. The summed E-state index contributed by atoms with van der Waals surface area (Å²) in [7, 11) is 1.74. The molecule has 20 heavy (non-hydrogen) atoms. The summed E-state index contributed by atoms with van der Waals surface area (Å²) < 4.78 is 11.3. The van der Waals surface area contributed by atoms with Gasteiger partial charge in [0, 0.05) is 28.9 Å². The average molecular weight is 295 g/mol. The quantitative estimate of drug-likeness (QED) is 0.778. The van der Waals surface area contributed by atoms with Crippen LogP contribution in [0, 0.1) is 0 Å². The van der Waals surface area contributed by atoms with Crippen molar-refractivity contribution in [3.05, 3.63) is 23.8 Å². The van der Waals surface area contributed by atoms with Crippen LogP contribution in [-0.2, 0) is 4.74 Å². The molecule has 1 aromatic carbocycles. The lowest BCUT2D eigenvalue weighted by Gasteiger charge is -2.20. The molecule has 2 rings (SSSR count). The Morgan fingerprint density at radius 1 is 1.50 bits per heavy atom. The minimum Gasteiger partial charge on any atom is -0.496 e. The summed E-state index contributed by atoms with van der Waals surface area (Å²) in [6, 6.07) is 6.59. The lowest BCUT2D eigenvalue weighted by atomic mass is 10.1. The molecule has 1 aromatic rings. The van der Waals surface area contributed by atoms with E-state index in [4.69, 9.17) is 9.47 Å². The summed E-state index contributed by atoms with van der Waals surface area (Å²) in [5.74, 6) is 2.00. The Kier molecular flexibility index (Phi) is 6.20. The van der Waals surface area contributed by atoms with Crippen molar-refractivity contribution in [2.24, 2.45) is 0 Å². The van der Waals surface area contributed by atoms with Crippen LogP contribution in [0.2, 0.25) is 0 Å². The fourth-order valence-corrected chi connectivity index (χ4v) is 3.86. The van der Waals surface area contributed by atoms with Crippen molar-refractivity contribution in [2.45, 2.75) is 43.7 Å². The molecule has 1 saturated heterocycles. The largest absolute Gasteiger partial charge is 0.496 e. The monoisotopic (exact) mass is 295 g/mol. The van der Waals surface area contributed by atoms with E-state index in [0.29, 0.717) is 12.1 Å². The molecule has 1 fully saturated rings. The third-order valence-electron chi connectivity index (χ3n) is 3.64. The van der Waals surface area contributed by atoms with E-state index in [2.05, 4.69) is 31.3 Å². The molecule has 0 amide bonds. The Bertz CT molecular complexity index is 419. The molecule has 1 N–H and O–H groups in total. The highest BCUT2D eigenvalue weighted by Crippen LogP contribution is 2.36. The first-order valence-corrected chi connectivity index (χ1v) is 8.39. The minimum absolute atomic E-state index is 0.295. The van der Waals surface area contributed by atoms with E-state index < -0.39 is 0 Å². The summed E-state index contributed by atoms with van der Waals surface area (Å²) >= 11 is 1.88. The SMILES string of the molecule is CCNC(C)c1c(OC)cccc1SCC1CCCO1. The lowest BCUT2D eigenvalue weighted by molar-refractivity contribution is 0.129. The van der Waals surface area contributed by atoms with Gasteiger partial charge in [0.25, 0.3) is 0 Å². The normalized spacial score (nSPS) is 20.1. The summed E-state index contributed by atoms with van der Waals surface area (Å²) in [5, 5.41) is 3.48. The maximum absolute atomic E-state index is 5.71. The van der Waals surface area contributed by atoms with Gasteiger partial charge in [0.1, 0.15) is 5.75 Å². The van der Waals surface area contributed by atoms with Gasteiger partial charge in [0.15, 0.2) is 0 Å². The van der Waals surface area contributed by atoms with Gasteiger partial charge >= 0.3 is 0 Å². The fraction of sp³-hybridized carbons (Fsp3) is 0.625. The second kappa shape index (κ2) is 7.91. The molecule has 0 aliphatic carbocycles. The summed E-state index contributed by atoms with van der Waals surface area (Å²) in [4.78, 5) is 1.30. The highest BCUT2D eigenvalue weighted by Gasteiger charge is 2.19. The number of benzene rings is 1. The van der Waals surface area contributed by atoms with Crippen molar-refractivity contribution >= 4 is 11.8 Å². The first-order valence-electron chi connectivity index (χ1n) is 7.41. The lowest BCUT2D eigenvalue weighted by Crippen LogP contribution is -2.19. The van der Waals surface area contributed by atoms with Crippen molar-refractivity contribution in [2.75, 3.05) is 26.0 Å². The molecule has 0 radical (unpaired) electrons. The van der Waals surface area contributed by atoms with E-state index in [0.717, 1.165) is 24.7 Å². The molecule has 2 atom stereocenters. The van der Waals surface area contributed by atoms with Crippen LogP contribution in [0.5, 0.6) is 5.75 Å². The molecule has 0 bridgehead atoms. The van der Waals surface area contributed by atoms with Gasteiger partial charge in [-0.3, -0.25) is 0 Å². The molecule has 1 aliphatic heterocycles. The highest BCUT2D eigenvalue weighted by molar-refractivity contribution is 7.99. The van der Waals surface area contributed by atoms with E-state index >= 15 is 0 Å². The average Bonchev–Trinajstić information content (AvgIpc) is 2.98. The van der Waals surface area contributed by atoms with E-state index in [1.54, 1.807) is 7.11 Å². The number of hydrogen-bond donors (Lipinski definition) is 1. The molecule has 0 aromatic heterocycles. The molecule has 1 heterocycles. The van der Waals surface area contributed by atoms with Gasteiger partial charge in [-0.2, -0.15) is 0 Å². The van der Waals surface area contributed by atoms with Gasteiger partial charge < -0.3 is 14.8 Å². The van der Waals surface area contributed by atoms with Crippen molar-refractivity contribution < 1.29 is 9.47 Å². The van der Waals surface area contributed by atoms with Crippen LogP contribution in [-0.4, -0.2) is 32.1 Å². The van der Waals surface area contributed by atoms with E-state index in [1.165, 1.54) is 23.3 Å². The molecule has 1 aliphatic rings. The molecular weight excluding hydrogens is 270 g/mol. The Hall–Kier alpha value is -0.710. The van der Waals surface area contributed by atoms with Crippen LogP contribution in [0.4, 0.5) is 0 Å². The van der Waals surface area contributed by atoms with Crippen molar-refractivity contribution in [1.82, 2.24) is 5.32 Å². The van der Waals surface area contributed by atoms with Crippen LogP contribution < -0.4 is 10.1 Å². The van der Waals surface area contributed by atoms with E-state index in [9.17, 15) is 0 Å². The molecule has 112 valence electrons. The number of ether oxygens (including phenoxy) is 2. The maximum Gasteiger partial charge on any atom is 0.124 e. The van der Waals surface area contributed by atoms with Crippen LogP contribution in [0.15, 0.2) is 23.1 Å². The number of thioether (sulfide) groups is 1. The van der Waals surface area contributed by atoms with Crippen LogP contribution in [0.1, 0.15) is 38.3 Å². The molecule has 0 saturated carbocycles. The molecule has 2 unspecified atom stereocenters. The smallest absolute Gasteiger partial charge is 0.124 e. The number of nitrogens with one attached hydrogen (secondary N) is 1. The Morgan fingerprint density at radius 2 is 2.35 bits per heavy atom. The van der Waals surface area contributed by atoms with Crippen LogP contribution in [0.3, 0.4) is 0 Å². The Morgan fingerprint density at radius 3 is 3.00 bits per heavy atom. The zero-order chi connectivity index (χ0) is 14.4. The second-order valence-corrected chi connectivity index (χ2v) is 6.16. The molecule has 0 spiro atoms. The van der Waals surface area contributed by atoms with Gasteiger partial charge in [-0.1, -0.05) is 13.0 Å². The third-order valence-corrected chi connectivity index (χ3v) is 4.84. The van der Waals surface area contributed by atoms with Crippen molar-refractivity contribution in [3.63, 3.8) is 0 Å². The van der Waals surface area contributed by atoms with Gasteiger partial charge in [-0.25, -0.2) is 0 Å². The number of methoxy groups -OCH3 is 1. The fourth-order valence-electron chi connectivity index (χ4n) is 2.62. The second-order valence-electron chi connectivity index (χ2n) is 5.10. The highest BCUT2D eigenvalue weighted by atomic mass is 32.2. The standard InChI is InChI=1S/C16H25NO2S/c1-4-17-12(2)16-14(18-3)8-5-9-15(16)20-11-13-7-6-10-19-13/h5,8-9,12-13,17H,4,6-7,10-11H2,1-3H3. The van der Waals surface area contributed by atoms with Crippen LogP contribution in [0.25, 0.3) is 0 Å². The predicted molar refractivity (Wildman–Crippen MR) is 84.8 cm³/mol. The van der Waals surface area contributed by atoms with Crippen molar-refractivity contribution in [3.8, 4) is 5.75 Å². The van der Waals surface area contributed by atoms with E-state index in [-0.39, 0.29) is 0 Å². The van der Waals surface area contributed by atoms with Gasteiger partial charge in [-0.05, 0) is 38.4 Å². The zero-order valence-corrected chi connectivity index (χ0v) is 13.5. The number of hydrogen-bond acceptors (Lipinski definition) is 4. The molecular formula is C16H25NO2S. The minimum atomic E-state index is 0.295. The van der Waals surface area contributed by atoms with Gasteiger partial charge in [-0.15, -0.1) is 11.8 Å². The first kappa shape index (κ1) is 15.7. The van der Waals surface area contributed by atoms with Crippen molar-refractivity contribution in [1.29, 1.82) is 0 Å². The van der Waals surface area contributed by atoms with E-state index in [1.807, 2.05) is 17.8 Å². The Labute approximate surface area is 126 Å².